The number of para-hydroxylation sites is 1. The van der Waals surface area contributed by atoms with Crippen molar-refractivity contribution in [2.75, 3.05) is 16.6 Å². The Labute approximate surface area is 138 Å². The molecule has 9 heteroatoms. The molecule has 2 rings (SSSR count). The number of rotatable bonds is 7. The van der Waals surface area contributed by atoms with E-state index >= 15 is 0 Å². The molecule has 0 aliphatic heterocycles. The summed E-state index contributed by atoms with van der Waals surface area (Å²) >= 11 is 0. The van der Waals surface area contributed by atoms with Gasteiger partial charge in [-0.2, -0.15) is 5.26 Å². The molecule has 0 saturated carbocycles. The van der Waals surface area contributed by atoms with Crippen molar-refractivity contribution in [2.24, 2.45) is 0 Å². The number of hydrogen-bond acceptors (Lipinski definition) is 6. The summed E-state index contributed by atoms with van der Waals surface area (Å²) in [7, 11) is -3.95. The normalized spacial score (nSPS) is 10.6. The third kappa shape index (κ3) is 4.21. The van der Waals surface area contributed by atoms with Crippen molar-refractivity contribution in [1.29, 1.82) is 5.26 Å². The monoisotopic (exact) mass is 346 g/mol. The zero-order valence-corrected chi connectivity index (χ0v) is 13.3. The second kappa shape index (κ2) is 7.43. The van der Waals surface area contributed by atoms with E-state index in [0.29, 0.717) is 5.69 Å². The van der Waals surface area contributed by atoms with Crippen LogP contribution in [0.4, 0.5) is 17.1 Å². The number of nitro benzene ring substituents is 1. The molecule has 24 heavy (non-hydrogen) atoms. The summed E-state index contributed by atoms with van der Waals surface area (Å²) in [5.41, 5.74) is 0.147. The van der Waals surface area contributed by atoms with Crippen LogP contribution in [0.5, 0.6) is 0 Å². The fourth-order valence-corrected chi connectivity index (χ4v) is 3.03. The number of nitro groups is 1. The highest BCUT2D eigenvalue weighted by molar-refractivity contribution is 7.92. The number of benzene rings is 2. The molecule has 8 nitrogen and oxygen atoms in total. The number of nitrogens with zero attached hydrogens (tertiary/aromatic N) is 2. The lowest BCUT2D eigenvalue weighted by Gasteiger charge is -2.10. The first-order chi connectivity index (χ1) is 11.4. The minimum atomic E-state index is -3.95. The number of hydrogen-bond donors (Lipinski definition) is 2. The van der Waals surface area contributed by atoms with Crippen LogP contribution >= 0.6 is 0 Å². The van der Waals surface area contributed by atoms with Crippen molar-refractivity contribution in [1.82, 2.24) is 0 Å². The minimum Gasteiger partial charge on any atom is -0.378 e. The Kier molecular flexibility index (Phi) is 5.34. The molecule has 0 aliphatic carbocycles. The van der Waals surface area contributed by atoms with E-state index in [-0.39, 0.29) is 29.2 Å². The van der Waals surface area contributed by atoms with Crippen molar-refractivity contribution < 1.29 is 13.3 Å². The summed E-state index contributed by atoms with van der Waals surface area (Å²) in [5, 5.41) is 22.4. The molecular weight excluding hydrogens is 332 g/mol. The topological polar surface area (TPSA) is 125 Å². The third-order valence-electron chi connectivity index (χ3n) is 3.05. The summed E-state index contributed by atoms with van der Waals surface area (Å²) in [4.78, 5) is 10.3. The molecule has 0 unspecified atom stereocenters. The van der Waals surface area contributed by atoms with Crippen LogP contribution in [0, 0.1) is 21.4 Å². The quantitative estimate of drug-likeness (QED) is 0.451. The summed E-state index contributed by atoms with van der Waals surface area (Å²) in [5.74, 6) is 0. The van der Waals surface area contributed by atoms with Crippen LogP contribution < -0.4 is 10.0 Å². The Morgan fingerprint density at radius 1 is 1.17 bits per heavy atom. The molecule has 0 heterocycles. The molecule has 0 atom stereocenters. The van der Waals surface area contributed by atoms with Gasteiger partial charge in [0, 0.05) is 18.3 Å². The number of nitrogens with one attached hydrogen (secondary N) is 2. The molecule has 2 N–H and O–H groups in total. The van der Waals surface area contributed by atoms with E-state index in [4.69, 9.17) is 5.26 Å². The van der Waals surface area contributed by atoms with Crippen molar-refractivity contribution in [2.45, 2.75) is 11.3 Å². The average molecular weight is 346 g/mol. The molecule has 0 aliphatic rings. The molecule has 0 saturated heterocycles. The summed E-state index contributed by atoms with van der Waals surface area (Å²) < 4.78 is 27.1. The Morgan fingerprint density at radius 3 is 2.50 bits per heavy atom. The zero-order valence-electron chi connectivity index (χ0n) is 12.5. The van der Waals surface area contributed by atoms with Crippen molar-refractivity contribution in [3.05, 3.63) is 58.6 Å². The number of anilines is 2. The molecule has 0 aromatic heterocycles. The maximum absolute atomic E-state index is 12.4. The Morgan fingerprint density at radius 2 is 1.88 bits per heavy atom. The van der Waals surface area contributed by atoms with E-state index in [1.165, 1.54) is 12.1 Å². The van der Waals surface area contributed by atoms with E-state index in [0.717, 1.165) is 6.07 Å². The first kappa shape index (κ1) is 17.2. The number of sulfonamides is 1. The van der Waals surface area contributed by atoms with Gasteiger partial charge in [-0.15, -0.1) is 0 Å². The highest BCUT2D eigenvalue weighted by Gasteiger charge is 2.21. The maximum atomic E-state index is 12.4. The fourth-order valence-electron chi connectivity index (χ4n) is 1.95. The maximum Gasteiger partial charge on any atom is 0.293 e. The smallest absolute Gasteiger partial charge is 0.293 e. The van der Waals surface area contributed by atoms with Crippen LogP contribution in [0.2, 0.25) is 0 Å². The molecular formula is C15H14N4O4S. The van der Waals surface area contributed by atoms with E-state index in [1.54, 1.807) is 30.3 Å². The molecule has 2 aromatic rings. The van der Waals surface area contributed by atoms with Gasteiger partial charge in [-0.1, -0.05) is 18.2 Å². The van der Waals surface area contributed by atoms with E-state index in [9.17, 15) is 18.5 Å². The molecule has 124 valence electrons. The molecule has 0 spiro atoms. The van der Waals surface area contributed by atoms with E-state index in [1.807, 2.05) is 6.07 Å². The van der Waals surface area contributed by atoms with Gasteiger partial charge in [0.15, 0.2) is 0 Å². The minimum absolute atomic E-state index is 0.161. The lowest BCUT2D eigenvalue weighted by Crippen LogP contribution is -2.13. The van der Waals surface area contributed by atoms with Gasteiger partial charge in [-0.25, -0.2) is 8.42 Å². The van der Waals surface area contributed by atoms with Crippen LogP contribution in [0.15, 0.2) is 53.4 Å². The van der Waals surface area contributed by atoms with Gasteiger partial charge < -0.3 is 5.32 Å². The van der Waals surface area contributed by atoms with Crippen LogP contribution in [0.25, 0.3) is 0 Å². The van der Waals surface area contributed by atoms with Gasteiger partial charge >= 0.3 is 0 Å². The van der Waals surface area contributed by atoms with E-state index in [2.05, 4.69) is 10.0 Å². The van der Waals surface area contributed by atoms with Gasteiger partial charge in [0.1, 0.15) is 5.69 Å². The summed E-state index contributed by atoms with van der Waals surface area (Å²) in [6.07, 6.45) is 0.173. The van der Waals surface area contributed by atoms with E-state index < -0.39 is 14.9 Å². The molecule has 0 fully saturated rings. The van der Waals surface area contributed by atoms with Crippen molar-refractivity contribution in [3.63, 3.8) is 0 Å². The average Bonchev–Trinajstić information content (AvgIpc) is 2.55. The van der Waals surface area contributed by atoms with Crippen LogP contribution in [-0.4, -0.2) is 19.9 Å². The Bertz CT molecular complexity index is 876. The Hall–Kier alpha value is -3.12. The highest BCUT2D eigenvalue weighted by Crippen LogP contribution is 2.28. The first-order valence-electron chi connectivity index (χ1n) is 6.91. The van der Waals surface area contributed by atoms with Gasteiger partial charge in [0.05, 0.1) is 22.3 Å². The number of nitriles is 1. The molecule has 0 amide bonds. The lowest BCUT2D eigenvalue weighted by atomic mass is 10.2. The molecule has 0 radical (unpaired) electrons. The van der Waals surface area contributed by atoms with Gasteiger partial charge in [0.25, 0.3) is 15.7 Å². The van der Waals surface area contributed by atoms with Crippen molar-refractivity contribution in [3.8, 4) is 6.07 Å². The van der Waals surface area contributed by atoms with Crippen molar-refractivity contribution >= 4 is 27.1 Å². The first-order valence-corrected chi connectivity index (χ1v) is 8.39. The van der Waals surface area contributed by atoms with Gasteiger partial charge in [-0.3, -0.25) is 14.8 Å². The Balaban J connectivity index is 2.32. The second-order valence-electron chi connectivity index (χ2n) is 4.74. The largest absolute Gasteiger partial charge is 0.378 e. The van der Waals surface area contributed by atoms with Crippen LogP contribution in [0.1, 0.15) is 6.42 Å². The van der Waals surface area contributed by atoms with Gasteiger partial charge in [-0.05, 0) is 24.3 Å². The lowest BCUT2D eigenvalue weighted by molar-refractivity contribution is -0.384. The van der Waals surface area contributed by atoms with Crippen LogP contribution in [0.3, 0.4) is 0 Å². The predicted octanol–water partition coefficient (Wildman–Crippen LogP) is 2.72. The molecule has 2 aromatic carbocycles. The standard InChI is InChI=1S/C15H14N4O4S/c16-9-4-10-17-14-8-7-13(11-15(14)19(20)21)24(22,23)18-12-5-2-1-3-6-12/h1-3,5-8,11,17-18H,4,10H2. The SMILES string of the molecule is N#CCCNc1ccc(S(=O)(=O)Nc2ccccc2)cc1[N+](=O)[O-]. The second-order valence-corrected chi connectivity index (χ2v) is 6.42. The highest BCUT2D eigenvalue weighted by atomic mass is 32.2. The zero-order chi connectivity index (χ0) is 17.6. The summed E-state index contributed by atoms with van der Waals surface area (Å²) in [6.45, 7) is 0.228. The molecule has 0 bridgehead atoms. The predicted molar refractivity (Wildman–Crippen MR) is 89.1 cm³/mol. The van der Waals surface area contributed by atoms with Crippen LogP contribution in [-0.2, 0) is 10.0 Å². The third-order valence-corrected chi connectivity index (χ3v) is 4.43. The summed E-state index contributed by atoms with van der Waals surface area (Å²) in [6, 6.07) is 13.7. The van der Waals surface area contributed by atoms with Gasteiger partial charge in [0.2, 0.25) is 0 Å². The fraction of sp³-hybridized carbons (Fsp3) is 0.133.